The van der Waals surface area contributed by atoms with Crippen molar-refractivity contribution in [2.24, 2.45) is 7.05 Å². The second kappa shape index (κ2) is 6.29. The van der Waals surface area contributed by atoms with Gasteiger partial charge < -0.3 is 10.2 Å². The second-order valence-corrected chi connectivity index (χ2v) is 8.02. The maximum absolute atomic E-state index is 12.7. The summed E-state index contributed by atoms with van der Waals surface area (Å²) in [7, 11) is 1.90. The van der Waals surface area contributed by atoms with Crippen molar-refractivity contribution < 1.29 is 4.79 Å². The summed E-state index contributed by atoms with van der Waals surface area (Å²) in [5.41, 5.74) is 1.87. The van der Waals surface area contributed by atoms with Crippen molar-refractivity contribution in [3.8, 4) is 0 Å². The third kappa shape index (κ3) is 2.73. The largest absolute Gasteiger partial charge is 0.356 e. The van der Waals surface area contributed by atoms with Crippen LogP contribution in [0.2, 0.25) is 0 Å². The Morgan fingerprint density at radius 3 is 2.64 bits per heavy atom. The van der Waals surface area contributed by atoms with E-state index in [-0.39, 0.29) is 17.4 Å². The minimum Gasteiger partial charge on any atom is -0.356 e. The summed E-state index contributed by atoms with van der Waals surface area (Å²) in [6.07, 6.45) is 4.56. The van der Waals surface area contributed by atoms with Crippen LogP contribution in [0.25, 0.3) is 11.0 Å². The Morgan fingerprint density at radius 1 is 1.14 bits per heavy atom. The lowest BCUT2D eigenvalue weighted by Crippen LogP contribution is -2.51. The molecule has 1 amide bonds. The number of benzene rings is 1. The molecule has 2 fully saturated rings. The highest BCUT2D eigenvalue weighted by Crippen LogP contribution is 2.40. The van der Waals surface area contributed by atoms with Crippen LogP contribution in [0.5, 0.6) is 0 Å². The standard InChI is InChI=1S/C21H24N6O/c1-14-23-18-17(13-22-26(18)2)19(24-14)27-10-8-21(9-11-27)12-16(20(28)25-21)15-6-4-3-5-7-15/h3-7,13,16H,8-12H2,1-2H3,(H,25,28). The third-order valence-electron chi connectivity index (χ3n) is 6.21. The Kier molecular flexibility index (Phi) is 3.86. The van der Waals surface area contributed by atoms with E-state index >= 15 is 0 Å². The maximum Gasteiger partial charge on any atom is 0.228 e. The highest BCUT2D eigenvalue weighted by molar-refractivity contribution is 5.88. The molecule has 5 rings (SSSR count). The molecule has 7 heteroatoms. The molecule has 2 aromatic heterocycles. The Bertz CT molecular complexity index is 1040. The van der Waals surface area contributed by atoms with Crippen LogP contribution in [0.1, 0.15) is 36.6 Å². The summed E-state index contributed by atoms with van der Waals surface area (Å²) >= 11 is 0. The first-order valence-electron chi connectivity index (χ1n) is 9.83. The normalized spacial score (nSPS) is 21.4. The van der Waals surface area contributed by atoms with Gasteiger partial charge in [0.15, 0.2) is 5.65 Å². The lowest BCUT2D eigenvalue weighted by Gasteiger charge is -2.40. The topological polar surface area (TPSA) is 75.9 Å². The smallest absolute Gasteiger partial charge is 0.228 e. The number of amides is 1. The van der Waals surface area contributed by atoms with E-state index in [2.05, 4.69) is 32.4 Å². The van der Waals surface area contributed by atoms with E-state index < -0.39 is 0 Å². The molecule has 1 unspecified atom stereocenters. The zero-order valence-corrected chi connectivity index (χ0v) is 16.2. The van der Waals surface area contributed by atoms with Crippen LogP contribution in [-0.4, -0.2) is 44.3 Å². The number of nitrogens with one attached hydrogen (secondary N) is 1. The van der Waals surface area contributed by atoms with Crippen molar-refractivity contribution in [2.75, 3.05) is 18.0 Å². The van der Waals surface area contributed by atoms with Gasteiger partial charge in [0.1, 0.15) is 11.6 Å². The predicted molar refractivity (Wildman–Crippen MR) is 107 cm³/mol. The minimum atomic E-state index is -0.107. The van der Waals surface area contributed by atoms with Crippen molar-refractivity contribution in [3.05, 3.63) is 47.9 Å². The van der Waals surface area contributed by atoms with Crippen molar-refractivity contribution in [1.82, 2.24) is 25.1 Å². The van der Waals surface area contributed by atoms with E-state index in [0.717, 1.165) is 60.6 Å². The van der Waals surface area contributed by atoms with E-state index in [9.17, 15) is 4.79 Å². The SMILES string of the molecule is Cc1nc(N2CCC3(CC2)CC(c2ccccc2)C(=O)N3)c2cnn(C)c2n1. The van der Waals surface area contributed by atoms with Gasteiger partial charge in [-0.2, -0.15) is 5.10 Å². The average molecular weight is 376 g/mol. The molecule has 7 nitrogen and oxygen atoms in total. The van der Waals surface area contributed by atoms with Gasteiger partial charge in [-0.15, -0.1) is 0 Å². The van der Waals surface area contributed by atoms with Crippen LogP contribution in [0.4, 0.5) is 5.82 Å². The van der Waals surface area contributed by atoms with Gasteiger partial charge in [-0.05, 0) is 31.7 Å². The molecule has 0 saturated carbocycles. The molecule has 1 aromatic carbocycles. The lowest BCUT2D eigenvalue weighted by atomic mass is 9.82. The number of fused-ring (bicyclic) bond motifs is 1. The summed E-state index contributed by atoms with van der Waals surface area (Å²) in [5.74, 6) is 1.82. The van der Waals surface area contributed by atoms with Crippen LogP contribution in [0, 0.1) is 6.92 Å². The van der Waals surface area contributed by atoms with Crippen LogP contribution in [0.15, 0.2) is 36.5 Å². The van der Waals surface area contributed by atoms with Crippen molar-refractivity contribution >= 4 is 22.8 Å². The molecule has 28 heavy (non-hydrogen) atoms. The first-order chi connectivity index (χ1) is 13.5. The molecule has 3 aromatic rings. The molecule has 1 N–H and O–H groups in total. The lowest BCUT2D eigenvalue weighted by molar-refractivity contribution is -0.121. The molecule has 2 aliphatic rings. The summed E-state index contributed by atoms with van der Waals surface area (Å²) in [4.78, 5) is 24.2. The number of hydrogen-bond acceptors (Lipinski definition) is 5. The van der Waals surface area contributed by atoms with Crippen LogP contribution >= 0.6 is 0 Å². The quantitative estimate of drug-likeness (QED) is 0.743. The molecule has 0 aliphatic carbocycles. The summed E-state index contributed by atoms with van der Waals surface area (Å²) < 4.78 is 1.79. The minimum absolute atomic E-state index is 0.0425. The van der Waals surface area contributed by atoms with Crippen molar-refractivity contribution in [1.29, 1.82) is 0 Å². The number of piperidine rings is 1. The summed E-state index contributed by atoms with van der Waals surface area (Å²) in [6.45, 7) is 3.65. The molecular formula is C21H24N6O. The number of hydrogen-bond donors (Lipinski definition) is 1. The monoisotopic (exact) mass is 376 g/mol. The van der Waals surface area contributed by atoms with Gasteiger partial charge in [-0.25, -0.2) is 9.97 Å². The van der Waals surface area contributed by atoms with Crippen molar-refractivity contribution in [3.63, 3.8) is 0 Å². The second-order valence-electron chi connectivity index (χ2n) is 8.02. The number of aromatic nitrogens is 4. The van der Waals surface area contributed by atoms with Crippen LogP contribution in [0.3, 0.4) is 0 Å². The molecular weight excluding hydrogens is 352 g/mol. The van der Waals surface area contributed by atoms with E-state index in [0.29, 0.717) is 0 Å². The fourth-order valence-electron chi connectivity index (χ4n) is 4.67. The van der Waals surface area contributed by atoms with E-state index in [1.54, 1.807) is 4.68 Å². The van der Waals surface area contributed by atoms with Gasteiger partial charge in [0.05, 0.1) is 17.5 Å². The van der Waals surface area contributed by atoms with Gasteiger partial charge in [-0.1, -0.05) is 30.3 Å². The fourth-order valence-corrected chi connectivity index (χ4v) is 4.67. The number of aryl methyl sites for hydroxylation is 2. The van der Waals surface area contributed by atoms with Crippen molar-refractivity contribution in [2.45, 2.75) is 37.6 Å². The van der Waals surface area contributed by atoms with Gasteiger partial charge in [0, 0.05) is 25.7 Å². The average Bonchev–Trinajstić information content (AvgIpc) is 3.23. The first-order valence-corrected chi connectivity index (χ1v) is 9.83. The first kappa shape index (κ1) is 17.2. The number of carbonyl (C=O) groups excluding carboxylic acids is 1. The molecule has 1 spiro atoms. The molecule has 1 atom stereocenters. The van der Waals surface area contributed by atoms with Gasteiger partial charge in [-0.3, -0.25) is 9.48 Å². The Balaban J connectivity index is 1.37. The molecule has 0 radical (unpaired) electrons. The molecule has 2 aliphatic heterocycles. The van der Waals surface area contributed by atoms with E-state index in [1.807, 2.05) is 38.4 Å². The zero-order valence-electron chi connectivity index (χ0n) is 16.2. The summed E-state index contributed by atoms with van der Waals surface area (Å²) in [6, 6.07) is 10.1. The highest BCUT2D eigenvalue weighted by Gasteiger charge is 2.46. The predicted octanol–water partition coefficient (Wildman–Crippen LogP) is 2.31. The summed E-state index contributed by atoms with van der Waals surface area (Å²) in [5, 5.41) is 8.66. The van der Waals surface area contributed by atoms with Gasteiger partial charge in [0.2, 0.25) is 5.91 Å². The van der Waals surface area contributed by atoms with Crippen LogP contribution in [-0.2, 0) is 11.8 Å². The molecule has 2 saturated heterocycles. The Labute approximate surface area is 163 Å². The molecule has 4 heterocycles. The van der Waals surface area contributed by atoms with Gasteiger partial charge >= 0.3 is 0 Å². The Morgan fingerprint density at radius 2 is 1.89 bits per heavy atom. The zero-order chi connectivity index (χ0) is 19.3. The fraction of sp³-hybridized carbons (Fsp3) is 0.429. The Hall–Kier alpha value is -2.96. The number of anilines is 1. The van der Waals surface area contributed by atoms with E-state index in [1.165, 1.54) is 0 Å². The highest BCUT2D eigenvalue weighted by atomic mass is 16.2. The molecule has 144 valence electrons. The number of carbonyl (C=O) groups is 1. The van der Waals surface area contributed by atoms with Crippen LogP contribution < -0.4 is 10.2 Å². The maximum atomic E-state index is 12.7. The number of rotatable bonds is 2. The number of nitrogens with zero attached hydrogens (tertiary/aromatic N) is 5. The molecule has 0 bridgehead atoms. The third-order valence-corrected chi connectivity index (χ3v) is 6.21. The van der Waals surface area contributed by atoms with Gasteiger partial charge in [0.25, 0.3) is 0 Å². The van der Waals surface area contributed by atoms with E-state index in [4.69, 9.17) is 4.98 Å².